The average Bonchev–Trinajstić information content (AvgIpc) is 3.17. The summed E-state index contributed by atoms with van der Waals surface area (Å²) in [6.45, 7) is 0. The summed E-state index contributed by atoms with van der Waals surface area (Å²) < 4.78 is 15.5. The zero-order chi connectivity index (χ0) is 19.4. The fourth-order valence-corrected chi connectivity index (χ4v) is 2.49. The van der Waals surface area contributed by atoms with Crippen molar-refractivity contribution in [1.29, 1.82) is 0 Å². The number of amides is 4. The van der Waals surface area contributed by atoms with Crippen LogP contribution in [0.5, 0.6) is 11.5 Å². The van der Waals surface area contributed by atoms with Gasteiger partial charge in [-0.15, -0.1) is 0 Å². The summed E-state index contributed by atoms with van der Waals surface area (Å²) in [4.78, 5) is 38.1. The first kappa shape index (κ1) is 18.0. The molecule has 1 aromatic heterocycles. The van der Waals surface area contributed by atoms with Crippen molar-refractivity contribution >= 4 is 29.6 Å². The molecule has 27 heavy (non-hydrogen) atoms. The Morgan fingerprint density at radius 1 is 1.11 bits per heavy atom. The van der Waals surface area contributed by atoms with Gasteiger partial charge >= 0.3 is 6.03 Å². The summed E-state index contributed by atoms with van der Waals surface area (Å²) in [5, 5.41) is 2.15. The lowest BCUT2D eigenvalue weighted by atomic mass is 10.1. The number of hydrogen-bond donors (Lipinski definition) is 1. The molecule has 2 heterocycles. The van der Waals surface area contributed by atoms with E-state index in [9.17, 15) is 14.4 Å². The fraction of sp³-hybridized carbons (Fsp3) is 0.105. The molecular weight excluding hydrogens is 352 g/mol. The molecular formula is C19H16N2O6. The molecule has 1 aliphatic rings. The molecule has 0 aliphatic carbocycles. The molecule has 0 bridgehead atoms. The largest absolute Gasteiger partial charge is 0.497 e. The summed E-state index contributed by atoms with van der Waals surface area (Å²) in [6, 6.07) is 7.22. The predicted molar refractivity (Wildman–Crippen MR) is 96.4 cm³/mol. The third-order valence-electron chi connectivity index (χ3n) is 3.80. The van der Waals surface area contributed by atoms with Gasteiger partial charge in [-0.05, 0) is 36.4 Å². The quantitative estimate of drug-likeness (QED) is 0.643. The molecule has 1 saturated heterocycles. The number of carbonyl (C=O) groups excluding carboxylic acids is 3. The normalized spacial score (nSPS) is 16.1. The number of nitrogens with zero attached hydrogens (tertiary/aromatic N) is 1. The molecule has 1 N–H and O–H groups in total. The van der Waals surface area contributed by atoms with E-state index in [-0.39, 0.29) is 17.0 Å². The van der Waals surface area contributed by atoms with Crippen LogP contribution in [0.15, 0.2) is 58.7 Å². The molecule has 0 radical (unpaired) electrons. The van der Waals surface area contributed by atoms with Gasteiger partial charge in [-0.3, -0.25) is 14.9 Å². The summed E-state index contributed by atoms with van der Waals surface area (Å²) in [5.41, 5.74) is -0.0463. The van der Waals surface area contributed by atoms with Gasteiger partial charge in [0.1, 0.15) is 22.8 Å². The van der Waals surface area contributed by atoms with Gasteiger partial charge in [0, 0.05) is 6.07 Å². The Kier molecular flexibility index (Phi) is 5.07. The van der Waals surface area contributed by atoms with Gasteiger partial charge in [0.2, 0.25) is 0 Å². The van der Waals surface area contributed by atoms with Gasteiger partial charge in [-0.2, -0.15) is 0 Å². The lowest BCUT2D eigenvalue weighted by molar-refractivity contribution is -0.122. The van der Waals surface area contributed by atoms with Crippen LogP contribution in [0.3, 0.4) is 0 Å². The molecule has 0 spiro atoms. The average molecular weight is 368 g/mol. The monoisotopic (exact) mass is 368 g/mol. The van der Waals surface area contributed by atoms with Crippen LogP contribution in [-0.4, -0.2) is 32.1 Å². The first-order valence-electron chi connectivity index (χ1n) is 7.89. The van der Waals surface area contributed by atoms with E-state index in [1.165, 1.54) is 38.7 Å². The predicted octanol–water partition coefficient (Wildman–Crippen LogP) is 2.52. The SMILES string of the molecule is COc1ccc(OC)c(N2C(=O)NC(=O)/C(=C\C=C\c3ccco3)C2=O)c1. The number of furan rings is 1. The highest BCUT2D eigenvalue weighted by atomic mass is 16.5. The van der Waals surface area contributed by atoms with Crippen molar-refractivity contribution in [2.75, 3.05) is 19.1 Å². The minimum Gasteiger partial charge on any atom is -0.497 e. The van der Waals surface area contributed by atoms with Crippen molar-refractivity contribution in [3.8, 4) is 11.5 Å². The number of barbiturate groups is 1. The van der Waals surface area contributed by atoms with E-state index in [1.54, 1.807) is 30.3 Å². The van der Waals surface area contributed by atoms with Crippen molar-refractivity contribution in [2.45, 2.75) is 0 Å². The molecule has 0 saturated carbocycles. The minimum absolute atomic E-state index is 0.160. The Morgan fingerprint density at radius 2 is 1.93 bits per heavy atom. The molecule has 4 amide bonds. The number of allylic oxidation sites excluding steroid dienone is 2. The Balaban J connectivity index is 1.98. The van der Waals surface area contributed by atoms with Crippen molar-refractivity contribution in [3.63, 3.8) is 0 Å². The van der Waals surface area contributed by atoms with Crippen molar-refractivity contribution in [1.82, 2.24) is 5.32 Å². The molecule has 1 fully saturated rings. The number of urea groups is 1. The Hall–Kier alpha value is -3.81. The number of methoxy groups -OCH3 is 2. The fourth-order valence-electron chi connectivity index (χ4n) is 2.49. The highest BCUT2D eigenvalue weighted by Gasteiger charge is 2.38. The summed E-state index contributed by atoms with van der Waals surface area (Å²) in [7, 11) is 2.86. The van der Waals surface area contributed by atoms with E-state index >= 15 is 0 Å². The van der Waals surface area contributed by atoms with E-state index in [4.69, 9.17) is 13.9 Å². The minimum atomic E-state index is -0.872. The van der Waals surface area contributed by atoms with E-state index in [0.717, 1.165) is 4.90 Å². The van der Waals surface area contributed by atoms with Crippen molar-refractivity contribution in [2.24, 2.45) is 0 Å². The molecule has 0 atom stereocenters. The maximum absolute atomic E-state index is 12.8. The smallest absolute Gasteiger partial charge is 0.336 e. The van der Waals surface area contributed by atoms with Gasteiger partial charge < -0.3 is 13.9 Å². The van der Waals surface area contributed by atoms with Gasteiger partial charge in [0.15, 0.2) is 0 Å². The summed E-state index contributed by atoms with van der Waals surface area (Å²) in [6.07, 6.45) is 5.88. The summed E-state index contributed by atoms with van der Waals surface area (Å²) in [5.74, 6) is -0.310. The van der Waals surface area contributed by atoms with E-state index < -0.39 is 17.8 Å². The number of anilines is 1. The number of hydrogen-bond acceptors (Lipinski definition) is 6. The maximum atomic E-state index is 12.8. The lowest BCUT2D eigenvalue weighted by Gasteiger charge is -2.27. The number of carbonyl (C=O) groups is 3. The molecule has 1 aliphatic heterocycles. The van der Waals surface area contributed by atoms with Gasteiger partial charge in [0.25, 0.3) is 11.8 Å². The van der Waals surface area contributed by atoms with Crippen LogP contribution < -0.4 is 19.7 Å². The van der Waals surface area contributed by atoms with Crippen molar-refractivity contribution in [3.05, 3.63) is 60.1 Å². The zero-order valence-corrected chi connectivity index (χ0v) is 14.6. The number of nitrogens with one attached hydrogen (secondary N) is 1. The zero-order valence-electron chi connectivity index (χ0n) is 14.6. The van der Waals surface area contributed by atoms with Crippen LogP contribution in [0.2, 0.25) is 0 Å². The molecule has 0 unspecified atom stereocenters. The summed E-state index contributed by atoms with van der Waals surface area (Å²) >= 11 is 0. The highest BCUT2D eigenvalue weighted by Crippen LogP contribution is 2.34. The lowest BCUT2D eigenvalue weighted by Crippen LogP contribution is -2.54. The first-order valence-corrected chi connectivity index (χ1v) is 7.89. The molecule has 3 rings (SSSR count). The Bertz CT molecular complexity index is 943. The van der Waals surface area contributed by atoms with E-state index in [0.29, 0.717) is 11.5 Å². The molecule has 8 nitrogen and oxygen atoms in total. The Morgan fingerprint density at radius 3 is 2.59 bits per heavy atom. The number of rotatable bonds is 5. The third-order valence-corrected chi connectivity index (χ3v) is 3.80. The van der Waals surface area contributed by atoms with Crippen molar-refractivity contribution < 1.29 is 28.3 Å². The van der Waals surface area contributed by atoms with Crippen LogP contribution in [0.25, 0.3) is 6.08 Å². The van der Waals surface area contributed by atoms with E-state index in [1.807, 2.05) is 0 Å². The molecule has 1 aromatic carbocycles. The van der Waals surface area contributed by atoms with Gasteiger partial charge in [0.05, 0.1) is 26.2 Å². The highest BCUT2D eigenvalue weighted by molar-refractivity contribution is 6.38. The van der Waals surface area contributed by atoms with Crippen LogP contribution in [0.4, 0.5) is 10.5 Å². The standard InChI is InChI=1S/C19H16N2O6/c1-25-13-8-9-16(26-2)15(11-13)21-18(23)14(17(22)20-19(21)24)7-3-5-12-6-4-10-27-12/h3-11H,1-2H3,(H,20,22,24)/b5-3+,14-7+. The third kappa shape index (κ3) is 3.59. The second-order valence-corrected chi connectivity index (χ2v) is 5.39. The molecule has 2 aromatic rings. The Labute approximate surface area is 154 Å². The second-order valence-electron chi connectivity index (χ2n) is 5.39. The molecule has 138 valence electrons. The topological polar surface area (TPSA) is 98.1 Å². The number of benzene rings is 1. The number of imide groups is 2. The van der Waals surface area contributed by atoms with Crippen LogP contribution >= 0.6 is 0 Å². The number of ether oxygens (including phenoxy) is 2. The van der Waals surface area contributed by atoms with Crippen LogP contribution in [0.1, 0.15) is 5.76 Å². The van der Waals surface area contributed by atoms with Crippen LogP contribution in [-0.2, 0) is 9.59 Å². The maximum Gasteiger partial charge on any atom is 0.336 e. The first-order chi connectivity index (χ1) is 13.0. The van der Waals surface area contributed by atoms with E-state index in [2.05, 4.69) is 5.32 Å². The van der Waals surface area contributed by atoms with Crippen LogP contribution in [0, 0.1) is 0 Å². The van der Waals surface area contributed by atoms with Gasteiger partial charge in [-0.25, -0.2) is 9.69 Å². The second kappa shape index (κ2) is 7.61. The van der Waals surface area contributed by atoms with Gasteiger partial charge in [-0.1, -0.05) is 6.08 Å². The molecule has 8 heteroatoms.